The summed E-state index contributed by atoms with van der Waals surface area (Å²) in [6.45, 7) is 16.5. The monoisotopic (exact) mass is 1290 g/mol. The molecule has 0 radical (unpaired) electrons. The largest absolute Gasteiger partial charge is 0.464 e. The second-order valence-corrected chi connectivity index (χ2v) is 28.9. The van der Waals surface area contributed by atoms with Gasteiger partial charge in [-0.05, 0) is 116 Å². The van der Waals surface area contributed by atoms with E-state index >= 15 is 0 Å². The second kappa shape index (κ2) is 28.2. The molecule has 4 saturated carbocycles. The number of ether oxygens (including phenoxy) is 10. The van der Waals surface area contributed by atoms with Gasteiger partial charge in [-0.15, -0.1) is 0 Å². The predicted octanol–water partition coefficient (Wildman–Crippen LogP) is -3.83. The van der Waals surface area contributed by atoms with E-state index in [9.17, 15) is 81.1 Å². The molecule has 9 fully saturated rings. The van der Waals surface area contributed by atoms with E-state index in [-0.39, 0.29) is 51.6 Å². The molecule has 9 rings (SSSR count). The quantitative estimate of drug-likeness (QED) is 0.0255. The molecule has 33 atom stereocenters. The van der Waals surface area contributed by atoms with E-state index in [0.717, 1.165) is 38.2 Å². The molecule has 0 aromatic heterocycles. The number of nitrogens with one attached hydrogen (secondary N) is 2. The van der Waals surface area contributed by atoms with E-state index < -0.39 is 204 Å². The lowest BCUT2D eigenvalue weighted by atomic mass is 9.36. The SMILES string of the molecule is CC(=O)N[C@H]1[C@H](O[C@H]2[C@H](O[C@H]3CC[C@]4(C)C5C[C@@H](O)[C@]6(C)[C@@H]([C@H](C)CC(=O)C=C(C)C)CC[C@H]6[C@]5(C)CC[C@H]4C3(C)C)OC[C@@H](O[C@@H]3O[C@H](CO)[C@H](O)[C@H](O)[C@H]3[NH+]=C(C)O)[C@@H]2O)O[C@H](CO[C@@H]2OC[C@@H](O)[C@H](O)[C@H]2O[C@@H]2O[C@H](CO)[C@@H](O)[C@H](O)[C@H]2O)[C@@H](O)[C@@H]1O. The number of carbonyl (C=O) groups is 2. The first-order valence-electron chi connectivity index (χ1n) is 32.1. The second-order valence-electron chi connectivity index (χ2n) is 28.9. The molecule has 16 N–H and O–H groups in total. The Bertz CT molecular complexity index is 2510. The van der Waals surface area contributed by atoms with E-state index in [0.29, 0.717) is 25.7 Å². The summed E-state index contributed by atoms with van der Waals surface area (Å²) >= 11 is 0. The molecule has 90 heavy (non-hydrogen) atoms. The Labute approximate surface area is 524 Å². The van der Waals surface area contributed by atoms with Crippen LogP contribution in [0, 0.1) is 51.2 Å². The number of rotatable bonds is 19. The van der Waals surface area contributed by atoms with Crippen LogP contribution in [0.5, 0.6) is 0 Å². The molecule has 9 aliphatic rings. The average molecular weight is 1290 g/mol. The number of amides is 1. The number of aliphatic hydroxyl groups is 14. The molecule has 516 valence electrons. The van der Waals surface area contributed by atoms with Crippen molar-refractivity contribution in [3.8, 4) is 0 Å². The molecular formula is C62H103N2O26+. The summed E-state index contributed by atoms with van der Waals surface area (Å²) in [7, 11) is 0. The molecule has 0 aromatic carbocycles. The van der Waals surface area contributed by atoms with Gasteiger partial charge in [-0.2, -0.15) is 0 Å². The maximum atomic E-state index is 13.1. The van der Waals surface area contributed by atoms with Gasteiger partial charge in [-0.1, -0.05) is 47.1 Å². The number of fused-ring (bicyclic) bond motifs is 5. The van der Waals surface area contributed by atoms with Gasteiger partial charge < -0.3 is 124 Å². The van der Waals surface area contributed by atoms with Crippen molar-refractivity contribution in [3.63, 3.8) is 0 Å². The molecule has 28 nitrogen and oxygen atoms in total. The lowest BCUT2D eigenvalue weighted by molar-refractivity contribution is -0.571. The lowest BCUT2D eigenvalue weighted by Gasteiger charge is -2.69. The van der Waals surface area contributed by atoms with Crippen molar-refractivity contribution in [2.45, 2.75) is 274 Å². The van der Waals surface area contributed by atoms with Crippen molar-refractivity contribution in [1.29, 1.82) is 0 Å². The minimum absolute atomic E-state index is 0.0454. The van der Waals surface area contributed by atoms with E-state index in [4.69, 9.17) is 47.4 Å². The Morgan fingerprint density at radius 1 is 0.611 bits per heavy atom. The zero-order valence-electron chi connectivity index (χ0n) is 53.3. The van der Waals surface area contributed by atoms with Crippen LogP contribution in [0.3, 0.4) is 0 Å². The summed E-state index contributed by atoms with van der Waals surface area (Å²) in [6.07, 6.45) is -29.2. The standard InChI is InChI=1S/C62H102N2O26/c1-25(2)17-29(69)18-26(3)30-11-12-37-61(9)15-13-36-59(6,7)40(14-16-60(36,8)38(61)19-39(71)62(30,37)10)88-58-53(47(76)35(24-83-58)87-54-41(63-27(4)67)48(77)44(73)32(20-65)84-54)89-55-42(64-28(5)68)49(78)46(75)34(86-55)23-82-57-52(43(72)31(70)22-81-57)90-56-51(80)50(79)45(74)33(21-66)85-56/h17,26,30-58,65-66,70-80H,11-16,18-24H2,1-10H3,(H,63,67)(H,64,68)/p+1/t26-,30-,31-,32-,33-,34-,35-,36+,37+,38?,39-,40+,41-,42-,43+,44+,45-,46-,47+,48-,49-,50+,51-,52-,53-,54+,55+,56+,57+,58+,60+,61+,62-/m1/s1. The first-order chi connectivity index (χ1) is 42.2. The fourth-order valence-corrected chi connectivity index (χ4v) is 18.1. The topological polar surface area (TPSA) is 436 Å². The van der Waals surface area contributed by atoms with Crippen LogP contribution in [0.2, 0.25) is 0 Å². The number of aliphatic hydroxyl groups excluding tert-OH is 14. The fraction of sp³-hybridized carbons (Fsp3) is 0.919. The van der Waals surface area contributed by atoms with Crippen LogP contribution in [0.1, 0.15) is 121 Å². The fourth-order valence-electron chi connectivity index (χ4n) is 18.1. The van der Waals surface area contributed by atoms with Gasteiger partial charge >= 0.3 is 5.90 Å². The zero-order chi connectivity index (χ0) is 66.0. The summed E-state index contributed by atoms with van der Waals surface area (Å²) < 4.78 is 61.9. The third kappa shape index (κ3) is 13.6. The highest BCUT2D eigenvalue weighted by Gasteiger charge is 2.70. The van der Waals surface area contributed by atoms with Gasteiger partial charge in [-0.25, -0.2) is 4.99 Å². The van der Waals surface area contributed by atoms with E-state index in [1.165, 1.54) is 6.92 Å². The van der Waals surface area contributed by atoms with Crippen LogP contribution in [-0.2, 0) is 57.0 Å². The highest BCUT2D eigenvalue weighted by atomic mass is 16.8. The van der Waals surface area contributed by atoms with Crippen molar-refractivity contribution in [2.24, 2.45) is 51.2 Å². The molecular weight excluding hydrogens is 1190 g/mol. The van der Waals surface area contributed by atoms with Gasteiger partial charge in [0.2, 0.25) is 18.2 Å². The molecule has 5 aliphatic heterocycles. The summed E-state index contributed by atoms with van der Waals surface area (Å²) in [5, 5.41) is 157. The molecule has 0 aromatic rings. The Morgan fingerprint density at radius 2 is 1.20 bits per heavy atom. The molecule has 28 heteroatoms. The van der Waals surface area contributed by atoms with E-state index in [1.807, 2.05) is 13.8 Å². The van der Waals surface area contributed by atoms with Crippen LogP contribution in [-0.4, -0.2) is 276 Å². The van der Waals surface area contributed by atoms with Crippen molar-refractivity contribution in [2.75, 3.05) is 33.0 Å². The first-order valence-corrected chi connectivity index (χ1v) is 32.1. The molecule has 4 aliphatic carbocycles. The van der Waals surface area contributed by atoms with Gasteiger partial charge in [0.05, 0.1) is 52.2 Å². The number of hydrogen-bond acceptors (Lipinski definition) is 25. The van der Waals surface area contributed by atoms with Crippen molar-refractivity contribution in [1.82, 2.24) is 5.32 Å². The predicted molar refractivity (Wildman–Crippen MR) is 309 cm³/mol. The Kier molecular flexibility index (Phi) is 22.5. The molecule has 0 bridgehead atoms. The molecule has 5 heterocycles. The number of ketones is 1. The summed E-state index contributed by atoms with van der Waals surface area (Å²) in [4.78, 5) is 28.7. The average Bonchev–Trinajstić information content (AvgIpc) is 1.22. The van der Waals surface area contributed by atoms with Gasteiger partial charge in [0.1, 0.15) is 104 Å². The van der Waals surface area contributed by atoms with Gasteiger partial charge in [0.25, 0.3) is 0 Å². The van der Waals surface area contributed by atoms with E-state index in [2.05, 4.69) is 51.9 Å². The summed E-state index contributed by atoms with van der Waals surface area (Å²) in [5.74, 6) is -0.340. The highest BCUT2D eigenvalue weighted by Crippen LogP contribution is 2.74. The number of allylic oxidation sites excluding steroid dienone is 2. The van der Waals surface area contributed by atoms with Crippen LogP contribution in [0.25, 0.3) is 0 Å². The summed E-state index contributed by atoms with van der Waals surface area (Å²) in [5.41, 5.74) is -0.426. The summed E-state index contributed by atoms with van der Waals surface area (Å²) in [6, 6.07) is -2.97. The van der Waals surface area contributed by atoms with Crippen LogP contribution < -0.4 is 10.3 Å². The van der Waals surface area contributed by atoms with Gasteiger partial charge in [0, 0.05) is 13.3 Å². The van der Waals surface area contributed by atoms with Crippen LogP contribution >= 0.6 is 0 Å². The van der Waals surface area contributed by atoms with Crippen molar-refractivity contribution >= 4 is 17.6 Å². The number of carbonyl (C=O) groups excluding carboxylic acids is 2. The van der Waals surface area contributed by atoms with Crippen LogP contribution in [0.15, 0.2) is 11.6 Å². The third-order valence-electron chi connectivity index (χ3n) is 22.6. The third-order valence-corrected chi connectivity index (χ3v) is 22.6. The van der Waals surface area contributed by atoms with Crippen LogP contribution in [0.4, 0.5) is 0 Å². The maximum Gasteiger partial charge on any atom is 0.329 e. The minimum atomic E-state index is -1.94. The Balaban J connectivity index is 0.980. The minimum Gasteiger partial charge on any atom is -0.464 e. The normalized spacial score (nSPS) is 50.0. The zero-order valence-corrected chi connectivity index (χ0v) is 53.3. The van der Waals surface area contributed by atoms with Gasteiger partial charge in [0.15, 0.2) is 30.9 Å². The van der Waals surface area contributed by atoms with Gasteiger partial charge in [-0.3, -0.25) is 9.59 Å². The Hall–Kier alpha value is -2.57. The maximum absolute atomic E-state index is 13.1. The molecule has 5 saturated heterocycles. The van der Waals surface area contributed by atoms with Crippen molar-refractivity contribution < 1.29 is 133 Å². The molecule has 1 unspecified atom stereocenters. The van der Waals surface area contributed by atoms with E-state index in [1.54, 1.807) is 6.08 Å². The smallest absolute Gasteiger partial charge is 0.329 e. The lowest BCUT2D eigenvalue weighted by Crippen LogP contribution is -2.89. The first kappa shape index (κ1) is 71.7. The Morgan fingerprint density at radius 3 is 1.84 bits per heavy atom. The molecule has 1 amide bonds. The highest BCUT2D eigenvalue weighted by molar-refractivity contribution is 5.90. The molecule has 0 spiro atoms. The number of hydrogen-bond donors (Lipinski definition) is 16. The van der Waals surface area contributed by atoms with Crippen molar-refractivity contribution in [3.05, 3.63) is 11.6 Å².